The lowest BCUT2D eigenvalue weighted by Crippen LogP contribution is -2.16. The van der Waals surface area contributed by atoms with Crippen molar-refractivity contribution in [1.29, 1.82) is 0 Å². The minimum absolute atomic E-state index is 0.232. The molecule has 0 saturated heterocycles. The Morgan fingerprint density at radius 3 is 3.00 bits per heavy atom. The first-order chi connectivity index (χ1) is 7.24. The van der Waals surface area contributed by atoms with Gasteiger partial charge in [-0.1, -0.05) is 29.3 Å². The van der Waals surface area contributed by atoms with E-state index in [1.54, 1.807) is 12.3 Å². The average molecular weight is 242 g/mol. The van der Waals surface area contributed by atoms with Gasteiger partial charge in [-0.25, -0.2) is 9.98 Å². The van der Waals surface area contributed by atoms with Crippen molar-refractivity contribution in [2.45, 2.75) is 11.9 Å². The van der Waals surface area contributed by atoms with Crippen LogP contribution < -0.4 is 5.32 Å². The third-order valence-corrected chi connectivity index (χ3v) is 2.37. The largest absolute Gasteiger partial charge is 0.324 e. The predicted molar refractivity (Wildman–Crippen MR) is 65.3 cm³/mol. The Morgan fingerprint density at radius 1 is 1.40 bits per heavy atom. The molecule has 0 saturated carbocycles. The molecule has 2 rings (SSSR count). The van der Waals surface area contributed by atoms with Gasteiger partial charge in [0.1, 0.15) is 5.50 Å². The Labute approximate surface area is 97.8 Å². The van der Waals surface area contributed by atoms with E-state index in [4.69, 9.17) is 23.2 Å². The Balaban J connectivity index is 2.12. The Bertz CT molecular complexity index is 415. The average Bonchev–Trinajstić information content (AvgIpc) is 2.17. The van der Waals surface area contributed by atoms with Crippen LogP contribution in [0, 0.1) is 0 Å². The molecule has 1 unspecified atom stereocenters. The standard InChI is InChI=1S/C10H9Cl2N3/c11-7-2-1-3-8(6-7)14-10-13-5-4-9(12)15-10/h1-3,5-6,9H,4H2,(H,14,15). The molecule has 1 aromatic carbocycles. The van der Waals surface area contributed by atoms with Crippen LogP contribution in [0.5, 0.6) is 0 Å². The van der Waals surface area contributed by atoms with Crippen molar-refractivity contribution < 1.29 is 0 Å². The summed E-state index contributed by atoms with van der Waals surface area (Å²) >= 11 is 11.7. The first kappa shape index (κ1) is 10.5. The van der Waals surface area contributed by atoms with Crippen LogP contribution in [-0.4, -0.2) is 17.7 Å². The highest BCUT2D eigenvalue weighted by atomic mass is 35.5. The third-order valence-electron chi connectivity index (χ3n) is 1.86. The number of rotatable bonds is 1. The molecule has 3 nitrogen and oxygen atoms in total. The number of hydrogen-bond acceptors (Lipinski definition) is 3. The van der Waals surface area contributed by atoms with Crippen molar-refractivity contribution >= 4 is 41.1 Å². The maximum Gasteiger partial charge on any atom is 0.223 e. The summed E-state index contributed by atoms with van der Waals surface area (Å²) in [5.41, 5.74) is 0.619. The maximum atomic E-state index is 5.86. The van der Waals surface area contributed by atoms with Crippen molar-refractivity contribution in [3.05, 3.63) is 29.3 Å². The van der Waals surface area contributed by atoms with E-state index in [1.807, 2.05) is 18.2 Å². The molecule has 1 N–H and O–H groups in total. The van der Waals surface area contributed by atoms with Crippen LogP contribution in [0.3, 0.4) is 0 Å². The van der Waals surface area contributed by atoms with Gasteiger partial charge in [-0.05, 0) is 18.2 Å². The van der Waals surface area contributed by atoms with E-state index < -0.39 is 0 Å². The molecule has 1 atom stereocenters. The lowest BCUT2D eigenvalue weighted by molar-refractivity contribution is 0.943. The van der Waals surface area contributed by atoms with E-state index >= 15 is 0 Å². The van der Waals surface area contributed by atoms with E-state index in [9.17, 15) is 0 Å². The minimum Gasteiger partial charge on any atom is -0.324 e. The second-order valence-electron chi connectivity index (χ2n) is 3.07. The van der Waals surface area contributed by atoms with Gasteiger partial charge in [-0.3, -0.25) is 0 Å². The van der Waals surface area contributed by atoms with E-state index in [-0.39, 0.29) is 5.50 Å². The van der Waals surface area contributed by atoms with Gasteiger partial charge in [0.15, 0.2) is 0 Å². The van der Waals surface area contributed by atoms with Crippen LogP contribution in [-0.2, 0) is 0 Å². The van der Waals surface area contributed by atoms with E-state index in [0.717, 1.165) is 5.69 Å². The van der Waals surface area contributed by atoms with Gasteiger partial charge >= 0.3 is 0 Å². The highest BCUT2D eigenvalue weighted by Gasteiger charge is 2.08. The summed E-state index contributed by atoms with van der Waals surface area (Å²) in [4.78, 5) is 8.23. The fourth-order valence-electron chi connectivity index (χ4n) is 1.20. The molecule has 15 heavy (non-hydrogen) atoms. The fourth-order valence-corrected chi connectivity index (χ4v) is 1.57. The van der Waals surface area contributed by atoms with Gasteiger partial charge < -0.3 is 5.32 Å². The fraction of sp³-hybridized carbons (Fsp3) is 0.200. The maximum absolute atomic E-state index is 5.86. The lowest BCUT2D eigenvalue weighted by atomic mass is 10.3. The SMILES string of the molecule is Clc1cccc(NC2=NC(Cl)CC=N2)c1. The number of alkyl halides is 1. The van der Waals surface area contributed by atoms with Crippen LogP contribution in [0.25, 0.3) is 0 Å². The summed E-state index contributed by atoms with van der Waals surface area (Å²) in [5.74, 6) is 0.517. The Hall–Kier alpha value is -1.06. The third kappa shape index (κ3) is 2.94. The molecule has 0 bridgehead atoms. The summed E-state index contributed by atoms with van der Waals surface area (Å²) in [6, 6.07) is 7.36. The van der Waals surface area contributed by atoms with Crippen LogP contribution in [0.2, 0.25) is 5.02 Å². The molecule has 1 aliphatic rings. The molecule has 0 fully saturated rings. The lowest BCUT2D eigenvalue weighted by Gasteiger charge is -2.11. The second-order valence-corrected chi connectivity index (χ2v) is 4.01. The van der Waals surface area contributed by atoms with Gasteiger partial charge in [0.2, 0.25) is 5.96 Å². The van der Waals surface area contributed by atoms with Crippen molar-refractivity contribution in [2.24, 2.45) is 9.98 Å². The van der Waals surface area contributed by atoms with Crippen LogP contribution in [0.15, 0.2) is 34.3 Å². The van der Waals surface area contributed by atoms with Crippen LogP contribution >= 0.6 is 23.2 Å². The number of guanidine groups is 1. The summed E-state index contributed by atoms with van der Waals surface area (Å²) in [6.45, 7) is 0. The van der Waals surface area contributed by atoms with E-state index in [2.05, 4.69) is 15.3 Å². The number of aliphatic imine (C=N–C) groups is 2. The molecular weight excluding hydrogens is 233 g/mol. The number of benzene rings is 1. The topological polar surface area (TPSA) is 36.8 Å². The molecule has 5 heteroatoms. The van der Waals surface area contributed by atoms with Gasteiger partial charge in [0.25, 0.3) is 0 Å². The summed E-state index contributed by atoms with van der Waals surface area (Å²) < 4.78 is 0. The number of nitrogens with zero attached hydrogens (tertiary/aromatic N) is 2. The van der Waals surface area contributed by atoms with E-state index in [0.29, 0.717) is 17.4 Å². The molecule has 0 amide bonds. The van der Waals surface area contributed by atoms with Crippen molar-refractivity contribution in [2.75, 3.05) is 5.32 Å². The van der Waals surface area contributed by atoms with Crippen molar-refractivity contribution in [3.8, 4) is 0 Å². The Morgan fingerprint density at radius 2 is 2.27 bits per heavy atom. The monoisotopic (exact) mass is 241 g/mol. The van der Waals surface area contributed by atoms with Gasteiger partial charge in [0.05, 0.1) is 0 Å². The smallest absolute Gasteiger partial charge is 0.223 e. The summed E-state index contributed by atoms with van der Waals surface area (Å²) in [7, 11) is 0. The zero-order valence-electron chi connectivity index (χ0n) is 7.82. The normalized spacial score (nSPS) is 19.9. The van der Waals surface area contributed by atoms with Gasteiger partial charge in [-0.15, -0.1) is 0 Å². The van der Waals surface area contributed by atoms with E-state index in [1.165, 1.54) is 0 Å². The molecule has 1 aromatic rings. The predicted octanol–water partition coefficient (Wildman–Crippen LogP) is 3.15. The summed E-state index contributed by atoms with van der Waals surface area (Å²) in [6.07, 6.45) is 2.42. The number of anilines is 1. The van der Waals surface area contributed by atoms with Crippen LogP contribution in [0.4, 0.5) is 5.69 Å². The first-order valence-corrected chi connectivity index (χ1v) is 5.32. The highest BCUT2D eigenvalue weighted by Crippen LogP contribution is 2.16. The molecule has 0 spiro atoms. The van der Waals surface area contributed by atoms with Crippen molar-refractivity contribution in [1.82, 2.24) is 0 Å². The highest BCUT2D eigenvalue weighted by molar-refractivity contribution is 6.31. The zero-order chi connectivity index (χ0) is 10.7. The van der Waals surface area contributed by atoms with Crippen molar-refractivity contribution in [3.63, 3.8) is 0 Å². The molecule has 78 valence electrons. The van der Waals surface area contributed by atoms with Crippen LogP contribution in [0.1, 0.15) is 6.42 Å². The zero-order valence-corrected chi connectivity index (χ0v) is 9.33. The molecule has 0 radical (unpaired) electrons. The molecular formula is C10H9Cl2N3. The summed E-state index contributed by atoms with van der Waals surface area (Å²) in [5, 5.41) is 3.70. The first-order valence-electron chi connectivity index (χ1n) is 4.51. The molecule has 1 heterocycles. The van der Waals surface area contributed by atoms with Gasteiger partial charge in [-0.2, -0.15) is 0 Å². The molecule has 0 aromatic heterocycles. The second kappa shape index (κ2) is 4.64. The number of halogens is 2. The Kier molecular flexibility index (Phi) is 3.23. The number of hydrogen-bond donors (Lipinski definition) is 1. The number of nitrogens with one attached hydrogen (secondary N) is 1. The quantitative estimate of drug-likeness (QED) is 0.596. The minimum atomic E-state index is -0.232. The van der Waals surface area contributed by atoms with Gasteiger partial charge in [0, 0.05) is 23.3 Å². The molecule has 0 aliphatic carbocycles. The molecule has 1 aliphatic heterocycles.